The summed E-state index contributed by atoms with van der Waals surface area (Å²) in [6.45, 7) is 0.393. The molecule has 1 N–H and O–H groups in total. The van der Waals surface area contributed by atoms with Gasteiger partial charge in [0.2, 0.25) is 0 Å². The zero-order valence-electron chi connectivity index (χ0n) is 13.3. The molecule has 0 radical (unpaired) electrons. The maximum atomic E-state index is 12.5. The van der Waals surface area contributed by atoms with Crippen LogP contribution in [0.1, 0.15) is 5.69 Å². The Bertz CT molecular complexity index is 962. The predicted octanol–water partition coefficient (Wildman–Crippen LogP) is 3.46. The Morgan fingerprint density at radius 1 is 1.12 bits per heavy atom. The molecule has 8 heteroatoms. The van der Waals surface area contributed by atoms with Crippen LogP contribution in [0.4, 0.5) is 11.4 Å². The van der Waals surface area contributed by atoms with E-state index in [0.717, 1.165) is 17.1 Å². The Hall–Kier alpha value is -2.87. The Balaban J connectivity index is 1.86. The van der Waals surface area contributed by atoms with E-state index in [4.69, 9.17) is 0 Å². The fourth-order valence-corrected chi connectivity index (χ4v) is 3.12. The summed E-state index contributed by atoms with van der Waals surface area (Å²) in [5.74, 6) is 0. The molecule has 2 aromatic carbocycles. The number of para-hydroxylation sites is 1. The Morgan fingerprint density at radius 3 is 2.36 bits per heavy atom. The SMILES string of the molecule is Cn1c(CNc2ccc([N+](=O)[O-])cc2)c(Br)c(=O)n1-c1ccccc1. The van der Waals surface area contributed by atoms with E-state index in [1.807, 2.05) is 37.4 Å². The van der Waals surface area contributed by atoms with Gasteiger partial charge in [0.1, 0.15) is 4.47 Å². The molecule has 128 valence electrons. The summed E-state index contributed by atoms with van der Waals surface area (Å²) in [4.78, 5) is 22.8. The molecule has 3 rings (SSSR count). The number of anilines is 1. The van der Waals surface area contributed by atoms with E-state index in [2.05, 4.69) is 21.2 Å². The molecule has 0 spiro atoms. The molecule has 0 saturated carbocycles. The summed E-state index contributed by atoms with van der Waals surface area (Å²) in [5.41, 5.74) is 2.17. The van der Waals surface area contributed by atoms with Crippen molar-refractivity contribution in [2.75, 3.05) is 5.32 Å². The topological polar surface area (TPSA) is 82.1 Å². The predicted molar refractivity (Wildman–Crippen MR) is 99.1 cm³/mol. The molecule has 3 aromatic rings. The molecule has 1 aromatic heterocycles. The lowest BCUT2D eigenvalue weighted by Crippen LogP contribution is -2.20. The van der Waals surface area contributed by atoms with Gasteiger partial charge in [-0.2, -0.15) is 0 Å². The number of hydrogen-bond acceptors (Lipinski definition) is 4. The van der Waals surface area contributed by atoms with Gasteiger partial charge in [0.05, 0.1) is 22.8 Å². The van der Waals surface area contributed by atoms with E-state index >= 15 is 0 Å². The average molecular weight is 403 g/mol. The first-order valence-corrected chi connectivity index (χ1v) is 8.28. The summed E-state index contributed by atoms with van der Waals surface area (Å²) in [5, 5.41) is 13.9. The zero-order valence-corrected chi connectivity index (χ0v) is 14.9. The number of nitrogens with one attached hydrogen (secondary N) is 1. The van der Waals surface area contributed by atoms with Crippen molar-refractivity contribution >= 4 is 27.3 Å². The molecular formula is C17H15BrN4O3. The molecule has 0 aliphatic rings. The van der Waals surface area contributed by atoms with Gasteiger partial charge in [0, 0.05) is 24.9 Å². The highest BCUT2D eigenvalue weighted by atomic mass is 79.9. The van der Waals surface area contributed by atoms with Crippen LogP contribution in [0.15, 0.2) is 63.9 Å². The molecule has 0 saturated heterocycles. The minimum absolute atomic E-state index is 0.0364. The van der Waals surface area contributed by atoms with Crippen LogP contribution in [0.3, 0.4) is 0 Å². The number of halogens is 1. The van der Waals surface area contributed by atoms with Crippen molar-refractivity contribution in [3.63, 3.8) is 0 Å². The maximum Gasteiger partial charge on any atom is 0.286 e. The van der Waals surface area contributed by atoms with Gasteiger partial charge in [0.15, 0.2) is 0 Å². The highest BCUT2D eigenvalue weighted by Crippen LogP contribution is 2.19. The van der Waals surface area contributed by atoms with E-state index < -0.39 is 4.92 Å². The van der Waals surface area contributed by atoms with E-state index in [1.165, 1.54) is 12.1 Å². The summed E-state index contributed by atoms with van der Waals surface area (Å²) in [6.07, 6.45) is 0. The molecule has 1 heterocycles. The Labute approximate surface area is 151 Å². The van der Waals surface area contributed by atoms with E-state index in [9.17, 15) is 14.9 Å². The quantitative estimate of drug-likeness (QED) is 0.523. The number of rotatable bonds is 5. The van der Waals surface area contributed by atoms with Crippen molar-refractivity contribution in [1.82, 2.24) is 9.36 Å². The fourth-order valence-electron chi connectivity index (χ4n) is 2.55. The molecule has 0 unspecified atom stereocenters. The highest BCUT2D eigenvalue weighted by Gasteiger charge is 2.16. The van der Waals surface area contributed by atoms with Gasteiger partial charge in [-0.1, -0.05) is 18.2 Å². The van der Waals surface area contributed by atoms with Crippen molar-refractivity contribution in [1.29, 1.82) is 0 Å². The standard InChI is InChI=1S/C17H15BrN4O3/c1-20-15(11-19-12-7-9-14(10-8-12)22(24)25)16(18)17(23)21(20)13-5-3-2-4-6-13/h2-10,19H,11H2,1H3. The van der Waals surface area contributed by atoms with Crippen LogP contribution < -0.4 is 10.9 Å². The smallest absolute Gasteiger partial charge is 0.286 e. The second-order valence-electron chi connectivity index (χ2n) is 5.39. The second-order valence-corrected chi connectivity index (χ2v) is 6.19. The Kier molecular flexibility index (Phi) is 4.71. The van der Waals surface area contributed by atoms with Gasteiger partial charge in [-0.15, -0.1) is 0 Å². The molecule has 25 heavy (non-hydrogen) atoms. The number of hydrogen-bond donors (Lipinski definition) is 1. The Morgan fingerprint density at radius 2 is 1.76 bits per heavy atom. The van der Waals surface area contributed by atoms with Gasteiger partial charge in [-0.3, -0.25) is 19.6 Å². The summed E-state index contributed by atoms with van der Waals surface area (Å²) >= 11 is 3.37. The average Bonchev–Trinajstić information content (AvgIpc) is 2.83. The first-order valence-electron chi connectivity index (χ1n) is 7.49. The zero-order chi connectivity index (χ0) is 18.0. The molecular weight excluding hydrogens is 388 g/mol. The van der Waals surface area contributed by atoms with Gasteiger partial charge in [0.25, 0.3) is 11.2 Å². The lowest BCUT2D eigenvalue weighted by Gasteiger charge is -2.11. The third-order valence-corrected chi connectivity index (χ3v) is 4.66. The van der Waals surface area contributed by atoms with E-state index in [0.29, 0.717) is 11.0 Å². The summed E-state index contributed by atoms with van der Waals surface area (Å²) in [7, 11) is 1.81. The number of nitrogens with zero attached hydrogens (tertiary/aromatic N) is 3. The third kappa shape index (κ3) is 3.34. The number of nitro benzene ring substituents is 1. The minimum Gasteiger partial charge on any atom is -0.379 e. The first kappa shape index (κ1) is 17.0. The number of non-ortho nitro benzene ring substituents is 1. The van der Waals surface area contributed by atoms with Crippen LogP contribution in [0, 0.1) is 10.1 Å². The van der Waals surface area contributed by atoms with Crippen molar-refractivity contribution in [2.24, 2.45) is 7.05 Å². The number of nitro groups is 1. The van der Waals surface area contributed by atoms with Crippen LogP contribution in [0.25, 0.3) is 5.69 Å². The summed E-state index contributed by atoms with van der Waals surface area (Å²) in [6, 6.07) is 15.5. The van der Waals surface area contributed by atoms with Gasteiger partial charge in [-0.05, 0) is 40.2 Å². The highest BCUT2D eigenvalue weighted by molar-refractivity contribution is 9.10. The largest absolute Gasteiger partial charge is 0.379 e. The van der Waals surface area contributed by atoms with E-state index in [-0.39, 0.29) is 11.2 Å². The lowest BCUT2D eigenvalue weighted by molar-refractivity contribution is -0.384. The van der Waals surface area contributed by atoms with Crippen molar-refractivity contribution < 1.29 is 4.92 Å². The minimum atomic E-state index is -0.440. The molecule has 0 bridgehead atoms. The number of benzene rings is 2. The van der Waals surface area contributed by atoms with Crippen LogP contribution in [-0.2, 0) is 13.6 Å². The first-order chi connectivity index (χ1) is 12.0. The molecule has 0 aliphatic heterocycles. The monoisotopic (exact) mass is 402 g/mol. The normalized spacial score (nSPS) is 10.6. The van der Waals surface area contributed by atoms with Crippen LogP contribution in [0.5, 0.6) is 0 Å². The van der Waals surface area contributed by atoms with Crippen molar-refractivity contribution in [2.45, 2.75) is 6.54 Å². The van der Waals surface area contributed by atoms with E-state index in [1.54, 1.807) is 21.5 Å². The molecule has 0 atom stereocenters. The molecule has 0 aliphatic carbocycles. The lowest BCUT2D eigenvalue weighted by atomic mass is 10.3. The van der Waals surface area contributed by atoms with Crippen molar-refractivity contribution in [3.05, 3.63) is 85.2 Å². The maximum absolute atomic E-state index is 12.5. The molecule has 0 fully saturated rings. The van der Waals surface area contributed by atoms with Crippen molar-refractivity contribution in [3.8, 4) is 5.69 Å². The summed E-state index contributed by atoms with van der Waals surface area (Å²) < 4.78 is 3.84. The van der Waals surface area contributed by atoms with Gasteiger partial charge >= 0.3 is 0 Å². The number of aromatic nitrogens is 2. The van der Waals surface area contributed by atoms with Gasteiger partial charge < -0.3 is 5.32 Å². The second kappa shape index (κ2) is 6.94. The molecule has 7 nitrogen and oxygen atoms in total. The third-order valence-electron chi connectivity index (χ3n) is 3.86. The van der Waals surface area contributed by atoms with Crippen LogP contribution >= 0.6 is 15.9 Å². The molecule has 0 amide bonds. The van der Waals surface area contributed by atoms with Crippen LogP contribution in [0.2, 0.25) is 0 Å². The van der Waals surface area contributed by atoms with Gasteiger partial charge in [-0.25, -0.2) is 4.68 Å². The van der Waals surface area contributed by atoms with Crippen LogP contribution in [-0.4, -0.2) is 14.3 Å². The fraction of sp³-hybridized carbons (Fsp3) is 0.118.